The number of hydrogen-bond donors (Lipinski definition) is 1. The first kappa shape index (κ1) is 15.6. The van der Waals surface area contributed by atoms with E-state index in [4.69, 9.17) is 5.73 Å². The average molecular weight is 350 g/mol. The fourth-order valence-corrected chi connectivity index (χ4v) is 3.42. The number of hydrogen-bond acceptors (Lipinski definition) is 2. The first-order valence-electron chi connectivity index (χ1n) is 6.90. The number of nitrogens with two attached hydrogens (primary N) is 1. The molecule has 2 rings (SSSR count). The summed E-state index contributed by atoms with van der Waals surface area (Å²) in [6, 6.07) is 19.1. The van der Waals surface area contributed by atoms with E-state index in [1.54, 1.807) is 0 Å². The lowest BCUT2D eigenvalue weighted by Gasteiger charge is -2.14. The molecule has 0 radical (unpaired) electrons. The smallest absolute Gasteiger partial charge is 0.0175 e. The van der Waals surface area contributed by atoms with Crippen LogP contribution in [-0.2, 0) is 6.42 Å². The Bertz CT molecular complexity index is 498. The predicted octanol–water partition coefficient (Wildman–Crippen LogP) is 4.75. The molecule has 0 fully saturated rings. The third kappa shape index (κ3) is 5.31. The topological polar surface area (TPSA) is 26.0 Å². The molecule has 2 aromatic rings. The molecule has 1 atom stereocenters. The molecule has 0 bridgehead atoms. The van der Waals surface area contributed by atoms with Crippen LogP contribution in [-0.4, -0.2) is 12.3 Å². The van der Waals surface area contributed by atoms with Gasteiger partial charge >= 0.3 is 0 Å². The highest BCUT2D eigenvalue weighted by atomic mass is 79.9. The van der Waals surface area contributed by atoms with Crippen LogP contribution in [0.4, 0.5) is 0 Å². The highest BCUT2D eigenvalue weighted by Gasteiger charge is 2.08. The van der Waals surface area contributed by atoms with Gasteiger partial charge in [0.25, 0.3) is 0 Å². The van der Waals surface area contributed by atoms with Gasteiger partial charge in [0.2, 0.25) is 0 Å². The van der Waals surface area contributed by atoms with Gasteiger partial charge in [-0.05, 0) is 60.9 Å². The zero-order chi connectivity index (χ0) is 14.2. The Morgan fingerprint density at radius 2 is 1.70 bits per heavy atom. The van der Waals surface area contributed by atoms with E-state index in [2.05, 4.69) is 70.5 Å². The summed E-state index contributed by atoms with van der Waals surface area (Å²) in [5.74, 6) is 1.69. The normalized spacial score (nSPS) is 12.3. The quantitative estimate of drug-likeness (QED) is 0.730. The zero-order valence-corrected chi connectivity index (χ0v) is 13.9. The van der Waals surface area contributed by atoms with Crippen molar-refractivity contribution in [3.63, 3.8) is 0 Å². The van der Waals surface area contributed by atoms with Crippen LogP contribution < -0.4 is 5.73 Å². The molecule has 0 heterocycles. The lowest BCUT2D eigenvalue weighted by atomic mass is 9.97. The van der Waals surface area contributed by atoms with Crippen molar-refractivity contribution in [1.29, 1.82) is 0 Å². The van der Waals surface area contributed by atoms with Gasteiger partial charge in [0, 0.05) is 9.37 Å². The van der Waals surface area contributed by atoms with E-state index < -0.39 is 0 Å². The summed E-state index contributed by atoms with van der Waals surface area (Å²) >= 11 is 5.38. The van der Waals surface area contributed by atoms with Crippen molar-refractivity contribution >= 4 is 27.7 Å². The molecule has 0 aliphatic heterocycles. The maximum atomic E-state index is 5.91. The molecule has 0 amide bonds. The number of benzene rings is 2. The van der Waals surface area contributed by atoms with Gasteiger partial charge in [0.05, 0.1) is 0 Å². The Labute approximate surface area is 134 Å². The highest BCUT2D eigenvalue weighted by Crippen LogP contribution is 2.21. The van der Waals surface area contributed by atoms with Crippen molar-refractivity contribution in [2.24, 2.45) is 11.7 Å². The Hall–Kier alpha value is -0.770. The third-order valence-electron chi connectivity index (χ3n) is 3.31. The molecule has 2 aromatic carbocycles. The zero-order valence-electron chi connectivity index (χ0n) is 11.5. The first-order valence-corrected chi connectivity index (χ1v) is 8.68. The predicted molar refractivity (Wildman–Crippen MR) is 92.2 cm³/mol. The van der Waals surface area contributed by atoms with Gasteiger partial charge in [0.15, 0.2) is 0 Å². The molecule has 0 saturated heterocycles. The molecule has 0 spiro atoms. The van der Waals surface area contributed by atoms with E-state index in [9.17, 15) is 0 Å². The molecule has 1 nitrogen and oxygen atoms in total. The minimum absolute atomic E-state index is 0.562. The van der Waals surface area contributed by atoms with Crippen LogP contribution in [0.2, 0.25) is 0 Å². The standard InChI is InChI=1S/C17H20BrNS/c18-16-8-6-14(7-9-16)12-15(13-19)10-11-20-17-4-2-1-3-5-17/h1-9,15H,10-13,19H2. The van der Waals surface area contributed by atoms with Crippen LogP contribution in [0.25, 0.3) is 0 Å². The van der Waals surface area contributed by atoms with Crippen molar-refractivity contribution in [3.05, 3.63) is 64.6 Å². The van der Waals surface area contributed by atoms with Crippen molar-refractivity contribution in [3.8, 4) is 0 Å². The lowest BCUT2D eigenvalue weighted by Crippen LogP contribution is -2.17. The summed E-state index contributed by atoms with van der Waals surface area (Å²) in [5.41, 5.74) is 7.28. The van der Waals surface area contributed by atoms with Crippen LogP contribution in [0.5, 0.6) is 0 Å². The first-order chi connectivity index (χ1) is 9.78. The molecule has 2 N–H and O–H groups in total. The Kier molecular flexibility index (Phi) is 6.64. The Morgan fingerprint density at radius 1 is 1.00 bits per heavy atom. The average Bonchev–Trinajstić information content (AvgIpc) is 2.49. The Balaban J connectivity index is 1.79. The number of rotatable bonds is 7. The van der Waals surface area contributed by atoms with Crippen molar-refractivity contribution < 1.29 is 0 Å². The largest absolute Gasteiger partial charge is 0.330 e. The van der Waals surface area contributed by atoms with Gasteiger partial charge in [0.1, 0.15) is 0 Å². The number of thioether (sulfide) groups is 1. The van der Waals surface area contributed by atoms with E-state index in [0.717, 1.165) is 29.6 Å². The molecule has 3 heteroatoms. The van der Waals surface area contributed by atoms with Gasteiger partial charge in [-0.1, -0.05) is 46.3 Å². The van der Waals surface area contributed by atoms with E-state index in [1.165, 1.54) is 10.5 Å². The van der Waals surface area contributed by atoms with Gasteiger partial charge in [-0.3, -0.25) is 0 Å². The molecular weight excluding hydrogens is 330 g/mol. The van der Waals surface area contributed by atoms with Crippen LogP contribution in [0.1, 0.15) is 12.0 Å². The summed E-state index contributed by atoms with van der Waals surface area (Å²) in [7, 11) is 0. The Morgan fingerprint density at radius 3 is 2.35 bits per heavy atom. The second-order valence-corrected chi connectivity index (χ2v) is 6.97. The van der Waals surface area contributed by atoms with E-state index in [1.807, 2.05) is 11.8 Å². The van der Waals surface area contributed by atoms with Gasteiger partial charge < -0.3 is 5.73 Å². The number of halogens is 1. The van der Waals surface area contributed by atoms with E-state index in [-0.39, 0.29) is 0 Å². The molecular formula is C17H20BrNS. The van der Waals surface area contributed by atoms with Crippen LogP contribution in [0, 0.1) is 5.92 Å². The highest BCUT2D eigenvalue weighted by molar-refractivity contribution is 9.10. The second kappa shape index (κ2) is 8.50. The van der Waals surface area contributed by atoms with Crippen LogP contribution in [0.3, 0.4) is 0 Å². The summed E-state index contributed by atoms with van der Waals surface area (Å²) in [6.07, 6.45) is 2.23. The summed E-state index contributed by atoms with van der Waals surface area (Å²) in [4.78, 5) is 1.34. The van der Waals surface area contributed by atoms with Crippen LogP contribution in [0.15, 0.2) is 64.0 Å². The van der Waals surface area contributed by atoms with Crippen molar-refractivity contribution in [1.82, 2.24) is 0 Å². The van der Waals surface area contributed by atoms with E-state index in [0.29, 0.717) is 5.92 Å². The van der Waals surface area contributed by atoms with Gasteiger partial charge in [-0.25, -0.2) is 0 Å². The maximum absolute atomic E-state index is 5.91. The molecule has 1 unspecified atom stereocenters. The van der Waals surface area contributed by atoms with Gasteiger partial charge in [-0.2, -0.15) is 0 Å². The van der Waals surface area contributed by atoms with Crippen molar-refractivity contribution in [2.75, 3.05) is 12.3 Å². The summed E-state index contributed by atoms with van der Waals surface area (Å²) in [5, 5.41) is 0. The molecule has 20 heavy (non-hydrogen) atoms. The van der Waals surface area contributed by atoms with Gasteiger partial charge in [-0.15, -0.1) is 11.8 Å². The molecule has 106 valence electrons. The molecule has 0 aliphatic rings. The SMILES string of the molecule is NCC(CCSc1ccccc1)Cc1ccc(Br)cc1. The minimum atomic E-state index is 0.562. The third-order valence-corrected chi connectivity index (χ3v) is 4.88. The van der Waals surface area contributed by atoms with Crippen molar-refractivity contribution in [2.45, 2.75) is 17.7 Å². The second-order valence-electron chi connectivity index (χ2n) is 4.88. The summed E-state index contributed by atoms with van der Waals surface area (Å²) in [6.45, 7) is 0.755. The molecule has 0 aliphatic carbocycles. The summed E-state index contributed by atoms with van der Waals surface area (Å²) < 4.78 is 1.13. The molecule has 0 saturated carbocycles. The fourth-order valence-electron chi connectivity index (χ4n) is 2.12. The fraction of sp³-hybridized carbons (Fsp3) is 0.294. The van der Waals surface area contributed by atoms with E-state index >= 15 is 0 Å². The lowest BCUT2D eigenvalue weighted by molar-refractivity contribution is 0.523. The van der Waals surface area contributed by atoms with Crippen LogP contribution >= 0.6 is 27.7 Å². The minimum Gasteiger partial charge on any atom is -0.330 e. The maximum Gasteiger partial charge on any atom is 0.0175 e. The molecule has 0 aromatic heterocycles. The monoisotopic (exact) mass is 349 g/mol.